The molecule has 0 aromatic rings. The number of carbonyl (C=O) groups excluding carboxylic acids is 1. The molecule has 0 aliphatic carbocycles. The van der Waals surface area contributed by atoms with Gasteiger partial charge in [0.1, 0.15) is 6.17 Å². The summed E-state index contributed by atoms with van der Waals surface area (Å²) in [5.41, 5.74) is 5.19. The van der Waals surface area contributed by atoms with E-state index in [2.05, 4.69) is 9.50 Å². The molecule has 0 spiro atoms. The van der Waals surface area contributed by atoms with Crippen molar-refractivity contribution in [1.29, 1.82) is 0 Å². The monoisotopic (exact) mass is 181 g/mol. The largest absolute Gasteiger partial charge is 0.750 e. The Bertz CT molecular complexity index is 162. The molecule has 7 heteroatoms. The van der Waals surface area contributed by atoms with Gasteiger partial charge in [-0.3, -0.25) is 8.98 Å². The minimum atomic E-state index is -2.58. The van der Waals surface area contributed by atoms with Crippen LogP contribution in [0.15, 0.2) is 0 Å². The second-order valence-corrected chi connectivity index (χ2v) is 2.44. The molecule has 0 aliphatic rings. The number of nitrogens with one attached hydrogen (secondary N) is 1. The van der Waals surface area contributed by atoms with E-state index in [0.29, 0.717) is 0 Å². The number of nitrogens with two attached hydrogens (primary N) is 1. The van der Waals surface area contributed by atoms with Crippen molar-refractivity contribution in [3.05, 3.63) is 0 Å². The van der Waals surface area contributed by atoms with Crippen LogP contribution in [-0.2, 0) is 20.3 Å². The molecule has 0 bridgehead atoms. The molecular weight excluding hydrogens is 172 g/mol. The first-order valence-corrected chi connectivity index (χ1v) is 3.77. The van der Waals surface area contributed by atoms with Gasteiger partial charge in [-0.15, -0.1) is 0 Å². The smallest absolute Gasteiger partial charge is 0.218 e. The fraction of sp³-hybridized carbons (Fsp3) is 0.750. The van der Waals surface area contributed by atoms with Crippen molar-refractivity contribution < 1.29 is 17.7 Å². The minimum absolute atomic E-state index is 0.254. The van der Waals surface area contributed by atoms with Gasteiger partial charge in [-0.1, -0.05) is 0 Å². The average molecular weight is 181 g/mol. The molecule has 0 aromatic carbocycles. The molecule has 0 heterocycles. The Balaban J connectivity index is 3.44. The van der Waals surface area contributed by atoms with E-state index in [4.69, 9.17) is 5.73 Å². The molecule has 6 nitrogen and oxygen atoms in total. The van der Waals surface area contributed by atoms with Gasteiger partial charge in [0.25, 0.3) is 0 Å². The van der Waals surface area contributed by atoms with Gasteiger partial charge in [0.15, 0.2) is 0 Å². The van der Waals surface area contributed by atoms with Crippen LogP contribution in [0.3, 0.4) is 0 Å². The third-order valence-corrected chi connectivity index (χ3v) is 1.06. The van der Waals surface area contributed by atoms with Crippen LogP contribution in [0.25, 0.3) is 0 Å². The Hall–Kier alpha value is -0.500. The first-order valence-electron chi connectivity index (χ1n) is 2.77. The quantitative estimate of drug-likeness (QED) is 0.394. The third-order valence-electron chi connectivity index (χ3n) is 0.732. The normalized spacial score (nSPS) is 15.5. The molecule has 0 radical (unpaired) electrons. The van der Waals surface area contributed by atoms with Crippen LogP contribution in [-0.4, -0.2) is 27.4 Å². The SMILES string of the molecule is CC(=O)NC(N)COS(=O)[O-]. The molecule has 0 aromatic heterocycles. The molecule has 1 amide bonds. The number of carbonyl (C=O) groups is 1. The predicted molar refractivity (Wildman–Crippen MR) is 36.7 cm³/mol. The topological polar surface area (TPSA) is 104 Å². The summed E-state index contributed by atoms with van der Waals surface area (Å²) in [4.78, 5) is 10.3. The highest BCUT2D eigenvalue weighted by molar-refractivity contribution is 7.74. The van der Waals surface area contributed by atoms with Crippen molar-refractivity contribution >= 4 is 17.3 Å². The Kier molecular flexibility index (Phi) is 4.95. The van der Waals surface area contributed by atoms with Crippen LogP contribution in [0.5, 0.6) is 0 Å². The van der Waals surface area contributed by atoms with Gasteiger partial charge in [0.05, 0.1) is 18.0 Å². The summed E-state index contributed by atoms with van der Waals surface area (Å²) in [6.45, 7) is 1.02. The predicted octanol–water partition coefficient (Wildman–Crippen LogP) is -1.78. The molecule has 2 atom stereocenters. The van der Waals surface area contributed by atoms with Crippen molar-refractivity contribution in [1.82, 2.24) is 5.32 Å². The Labute approximate surface area is 66.6 Å². The van der Waals surface area contributed by atoms with Crippen LogP contribution in [0, 0.1) is 0 Å². The number of amides is 1. The second kappa shape index (κ2) is 5.19. The zero-order chi connectivity index (χ0) is 8.85. The molecule has 0 rings (SSSR count). The van der Waals surface area contributed by atoms with E-state index in [1.165, 1.54) is 6.92 Å². The zero-order valence-electron chi connectivity index (χ0n) is 5.90. The molecule has 66 valence electrons. The molecule has 0 saturated carbocycles. The molecule has 0 saturated heterocycles. The maximum absolute atomic E-state index is 10.3. The highest BCUT2D eigenvalue weighted by Gasteiger charge is 2.02. The Morgan fingerprint density at radius 2 is 2.45 bits per heavy atom. The molecular formula is C4H9N2O4S-. The van der Waals surface area contributed by atoms with Crippen molar-refractivity contribution in [3.8, 4) is 0 Å². The molecule has 11 heavy (non-hydrogen) atoms. The summed E-state index contributed by atoms with van der Waals surface area (Å²) in [6.07, 6.45) is -0.787. The molecule has 2 unspecified atom stereocenters. The van der Waals surface area contributed by atoms with Gasteiger partial charge in [-0.25, -0.2) is 4.21 Å². The summed E-state index contributed by atoms with van der Waals surface area (Å²) in [5.74, 6) is -0.335. The summed E-state index contributed by atoms with van der Waals surface area (Å²) in [6, 6.07) is 0. The van der Waals surface area contributed by atoms with Crippen molar-refractivity contribution in [3.63, 3.8) is 0 Å². The van der Waals surface area contributed by atoms with Crippen molar-refractivity contribution in [2.24, 2.45) is 5.73 Å². The summed E-state index contributed by atoms with van der Waals surface area (Å²) in [5, 5.41) is 2.24. The van der Waals surface area contributed by atoms with E-state index in [1.54, 1.807) is 0 Å². The van der Waals surface area contributed by atoms with E-state index in [1.807, 2.05) is 0 Å². The van der Waals surface area contributed by atoms with Gasteiger partial charge in [-0.2, -0.15) is 0 Å². The van der Waals surface area contributed by atoms with Crippen LogP contribution in [0.4, 0.5) is 0 Å². The highest BCUT2D eigenvalue weighted by Crippen LogP contribution is 1.80. The zero-order valence-corrected chi connectivity index (χ0v) is 6.72. The maximum Gasteiger partial charge on any atom is 0.218 e. The maximum atomic E-state index is 10.3. The van der Waals surface area contributed by atoms with E-state index in [-0.39, 0.29) is 12.5 Å². The average Bonchev–Trinajstić information content (AvgIpc) is 1.82. The van der Waals surface area contributed by atoms with Gasteiger partial charge >= 0.3 is 0 Å². The van der Waals surface area contributed by atoms with Crippen molar-refractivity contribution in [2.75, 3.05) is 6.61 Å². The number of hydrogen-bond donors (Lipinski definition) is 2. The van der Waals surface area contributed by atoms with E-state index in [9.17, 15) is 13.6 Å². The lowest BCUT2D eigenvalue weighted by molar-refractivity contribution is -0.119. The van der Waals surface area contributed by atoms with E-state index >= 15 is 0 Å². The van der Waals surface area contributed by atoms with E-state index in [0.717, 1.165) is 0 Å². The lowest BCUT2D eigenvalue weighted by Crippen LogP contribution is -2.43. The Morgan fingerprint density at radius 3 is 2.82 bits per heavy atom. The minimum Gasteiger partial charge on any atom is -0.750 e. The molecule has 0 fully saturated rings. The lowest BCUT2D eigenvalue weighted by Gasteiger charge is -2.12. The lowest BCUT2D eigenvalue weighted by atomic mass is 10.5. The number of hydrogen-bond acceptors (Lipinski definition) is 5. The fourth-order valence-electron chi connectivity index (χ4n) is 0.432. The van der Waals surface area contributed by atoms with Crippen molar-refractivity contribution in [2.45, 2.75) is 13.1 Å². The standard InChI is InChI=1S/C4H10N2O4S/c1-3(7)6-4(5)2-10-11(8)9/h4H,2,5H2,1H3,(H,6,7)(H,8,9)/p-1. The summed E-state index contributed by atoms with van der Waals surface area (Å²) >= 11 is -2.58. The van der Waals surface area contributed by atoms with Gasteiger partial charge < -0.3 is 15.6 Å². The van der Waals surface area contributed by atoms with Crippen LogP contribution < -0.4 is 11.1 Å². The van der Waals surface area contributed by atoms with Crippen LogP contribution >= 0.6 is 0 Å². The summed E-state index contributed by atoms with van der Waals surface area (Å²) in [7, 11) is 0. The second-order valence-electron chi connectivity index (χ2n) is 1.80. The highest BCUT2D eigenvalue weighted by atomic mass is 32.2. The van der Waals surface area contributed by atoms with E-state index < -0.39 is 17.5 Å². The third kappa shape index (κ3) is 7.40. The first kappa shape index (κ1) is 10.5. The van der Waals surface area contributed by atoms with Crippen LogP contribution in [0.1, 0.15) is 6.92 Å². The number of rotatable bonds is 4. The van der Waals surface area contributed by atoms with Gasteiger partial charge in [-0.05, 0) is 0 Å². The summed E-state index contributed by atoms with van der Waals surface area (Å²) < 4.78 is 23.7. The molecule has 0 aliphatic heterocycles. The Morgan fingerprint density at radius 1 is 1.91 bits per heavy atom. The van der Waals surface area contributed by atoms with Gasteiger partial charge in [0, 0.05) is 6.92 Å². The van der Waals surface area contributed by atoms with Crippen LogP contribution in [0.2, 0.25) is 0 Å². The first-order chi connectivity index (χ1) is 5.02. The molecule has 3 N–H and O–H groups in total. The fourth-order valence-corrected chi connectivity index (χ4v) is 0.689. The van der Waals surface area contributed by atoms with Gasteiger partial charge in [0.2, 0.25) is 5.91 Å².